The summed E-state index contributed by atoms with van der Waals surface area (Å²) in [6, 6.07) is 38.0. The van der Waals surface area contributed by atoms with Crippen molar-refractivity contribution in [2.75, 3.05) is 6.61 Å². The van der Waals surface area contributed by atoms with Crippen molar-refractivity contribution in [1.82, 2.24) is 9.55 Å². The molecule has 1 aromatic heterocycles. The topological polar surface area (TPSA) is 27.1 Å². The zero-order valence-electron chi connectivity index (χ0n) is 18.9. The van der Waals surface area contributed by atoms with Crippen LogP contribution in [0.5, 0.6) is 5.75 Å². The summed E-state index contributed by atoms with van der Waals surface area (Å²) in [7, 11) is 0. The molecule has 0 saturated carbocycles. The van der Waals surface area contributed by atoms with Gasteiger partial charge in [-0.15, -0.1) is 0 Å². The summed E-state index contributed by atoms with van der Waals surface area (Å²) in [5, 5.41) is 0. The van der Waals surface area contributed by atoms with Gasteiger partial charge in [-0.25, -0.2) is 4.98 Å². The summed E-state index contributed by atoms with van der Waals surface area (Å²) < 4.78 is 8.38. The quantitative estimate of drug-likeness (QED) is 0.247. The molecule has 0 aliphatic heterocycles. The average molecular weight is 433 g/mol. The Kier molecular flexibility index (Phi) is 6.21. The standard InChI is InChI=1S/C30H28N2O/c1-23-17-19-26(20-18-23)33-22-10-21-32-28-16-9-8-15-27(28)31-30(32)29(24-11-4-2-5-12-24)25-13-6-3-7-14-25/h2-9,11-20,29H,10,21-22H2,1H3. The molecule has 5 rings (SSSR count). The SMILES string of the molecule is Cc1ccc(OCCCn2c(C(c3ccccc3)c3ccccc3)nc3ccccc32)cc1. The molecule has 0 bridgehead atoms. The van der Waals surface area contributed by atoms with Gasteiger partial charge >= 0.3 is 0 Å². The largest absolute Gasteiger partial charge is 0.494 e. The first-order valence-corrected chi connectivity index (χ1v) is 11.5. The fraction of sp³-hybridized carbons (Fsp3) is 0.167. The Balaban J connectivity index is 1.48. The second kappa shape index (κ2) is 9.74. The van der Waals surface area contributed by atoms with Gasteiger partial charge in [-0.1, -0.05) is 90.5 Å². The molecule has 3 heteroatoms. The molecular weight excluding hydrogens is 404 g/mol. The van der Waals surface area contributed by atoms with Gasteiger partial charge in [0, 0.05) is 6.54 Å². The minimum absolute atomic E-state index is 0.0674. The van der Waals surface area contributed by atoms with Crippen LogP contribution in [0, 0.1) is 6.92 Å². The molecular formula is C30H28N2O. The maximum absolute atomic E-state index is 6.01. The van der Waals surface area contributed by atoms with Crippen molar-refractivity contribution in [2.45, 2.75) is 25.8 Å². The number of fused-ring (bicyclic) bond motifs is 1. The van der Waals surface area contributed by atoms with Crippen molar-refractivity contribution in [2.24, 2.45) is 0 Å². The van der Waals surface area contributed by atoms with Crippen molar-refractivity contribution in [1.29, 1.82) is 0 Å². The molecule has 0 radical (unpaired) electrons. The van der Waals surface area contributed by atoms with Gasteiger partial charge in [0.05, 0.1) is 23.6 Å². The average Bonchev–Trinajstić information content (AvgIpc) is 3.22. The van der Waals surface area contributed by atoms with Gasteiger partial charge in [-0.2, -0.15) is 0 Å². The Hall–Kier alpha value is -3.85. The van der Waals surface area contributed by atoms with E-state index in [2.05, 4.69) is 109 Å². The number of benzene rings is 4. The van der Waals surface area contributed by atoms with Gasteiger partial charge in [-0.05, 0) is 48.7 Å². The van der Waals surface area contributed by atoms with E-state index in [1.165, 1.54) is 22.2 Å². The Morgan fingerprint density at radius 1 is 0.727 bits per heavy atom. The smallest absolute Gasteiger partial charge is 0.121 e. The highest BCUT2D eigenvalue weighted by atomic mass is 16.5. The lowest BCUT2D eigenvalue weighted by Gasteiger charge is -2.20. The molecule has 0 aliphatic rings. The van der Waals surface area contributed by atoms with Crippen LogP contribution in [0.1, 0.15) is 34.9 Å². The van der Waals surface area contributed by atoms with Gasteiger partial charge in [0.2, 0.25) is 0 Å². The first kappa shape index (κ1) is 21.0. The van der Waals surface area contributed by atoms with E-state index in [-0.39, 0.29) is 5.92 Å². The fourth-order valence-corrected chi connectivity index (χ4v) is 4.38. The number of ether oxygens (including phenoxy) is 1. The van der Waals surface area contributed by atoms with Gasteiger partial charge in [0.15, 0.2) is 0 Å². The molecule has 0 fully saturated rings. The van der Waals surface area contributed by atoms with Gasteiger partial charge < -0.3 is 9.30 Å². The Morgan fingerprint density at radius 2 is 1.33 bits per heavy atom. The van der Waals surface area contributed by atoms with E-state index in [4.69, 9.17) is 9.72 Å². The van der Waals surface area contributed by atoms with Crippen molar-refractivity contribution >= 4 is 11.0 Å². The van der Waals surface area contributed by atoms with Gasteiger partial charge in [0.25, 0.3) is 0 Å². The first-order chi connectivity index (χ1) is 16.3. The summed E-state index contributed by atoms with van der Waals surface area (Å²) in [6.07, 6.45) is 0.900. The fourth-order valence-electron chi connectivity index (χ4n) is 4.38. The van der Waals surface area contributed by atoms with Crippen LogP contribution in [0.2, 0.25) is 0 Å². The normalized spacial score (nSPS) is 11.2. The molecule has 3 nitrogen and oxygen atoms in total. The van der Waals surface area contributed by atoms with E-state index in [9.17, 15) is 0 Å². The van der Waals surface area contributed by atoms with Crippen molar-refractivity contribution in [3.8, 4) is 5.75 Å². The van der Waals surface area contributed by atoms with Crippen LogP contribution in [0.3, 0.4) is 0 Å². The molecule has 5 aromatic rings. The molecule has 0 spiro atoms. The van der Waals surface area contributed by atoms with E-state index >= 15 is 0 Å². The summed E-state index contributed by atoms with van der Waals surface area (Å²) >= 11 is 0. The molecule has 33 heavy (non-hydrogen) atoms. The number of imidazole rings is 1. The van der Waals surface area contributed by atoms with Crippen molar-refractivity contribution < 1.29 is 4.74 Å². The number of aromatic nitrogens is 2. The molecule has 0 atom stereocenters. The minimum atomic E-state index is 0.0674. The van der Waals surface area contributed by atoms with Crippen LogP contribution in [0.25, 0.3) is 11.0 Å². The minimum Gasteiger partial charge on any atom is -0.494 e. The number of para-hydroxylation sites is 2. The zero-order chi connectivity index (χ0) is 22.5. The summed E-state index contributed by atoms with van der Waals surface area (Å²) in [6.45, 7) is 3.60. The third kappa shape index (κ3) is 4.68. The monoisotopic (exact) mass is 432 g/mol. The number of nitrogens with zero attached hydrogens (tertiary/aromatic N) is 2. The lowest BCUT2D eigenvalue weighted by atomic mass is 9.90. The molecule has 0 aliphatic carbocycles. The molecule has 0 amide bonds. The van der Waals surface area contributed by atoms with Crippen LogP contribution >= 0.6 is 0 Å². The third-order valence-corrected chi connectivity index (χ3v) is 6.02. The Labute approximate surface area is 195 Å². The Bertz CT molecular complexity index is 1270. The van der Waals surface area contributed by atoms with Gasteiger partial charge in [0.1, 0.15) is 11.6 Å². The zero-order valence-corrected chi connectivity index (χ0v) is 18.9. The number of hydrogen-bond acceptors (Lipinski definition) is 2. The maximum Gasteiger partial charge on any atom is 0.121 e. The Morgan fingerprint density at radius 3 is 2.00 bits per heavy atom. The van der Waals surface area contributed by atoms with E-state index in [0.717, 1.165) is 30.1 Å². The predicted molar refractivity (Wildman–Crippen MR) is 135 cm³/mol. The lowest BCUT2D eigenvalue weighted by Crippen LogP contribution is -2.13. The number of hydrogen-bond donors (Lipinski definition) is 0. The maximum atomic E-state index is 6.01. The van der Waals surface area contributed by atoms with Crippen molar-refractivity contribution in [3.05, 3.63) is 132 Å². The van der Waals surface area contributed by atoms with E-state index in [1.54, 1.807) is 0 Å². The number of rotatable bonds is 8. The van der Waals surface area contributed by atoms with Crippen LogP contribution < -0.4 is 4.74 Å². The molecule has 1 heterocycles. The first-order valence-electron chi connectivity index (χ1n) is 11.5. The molecule has 0 unspecified atom stereocenters. The van der Waals surface area contributed by atoms with Crippen LogP contribution in [-0.4, -0.2) is 16.2 Å². The van der Waals surface area contributed by atoms with E-state index in [1.807, 2.05) is 12.1 Å². The second-order valence-corrected chi connectivity index (χ2v) is 8.38. The number of aryl methyl sites for hydroxylation is 2. The molecule has 0 saturated heterocycles. The summed E-state index contributed by atoms with van der Waals surface area (Å²) in [5.41, 5.74) is 5.93. The van der Waals surface area contributed by atoms with Gasteiger partial charge in [-0.3, -0.25) is 0 Å². The highest BCUT2D eigenvalue weighted by Gasteiger charge is 2.23. The molecule has 164 valence electrons. The second-order valence-electron chi connectivity index (χ2n) is 8.38. The van der Waals surface area contributed by atoms with E-state index in [0.29, 0.717) is 6.61 Å². The third-order valence-electron chi connectivity index (χ3n) is 6.02. The molecule has 4 aromatic carbocycles. The highest BCUT2D eigenvalue weighted by molar-refractivity contribution is 5.76. The predicted octanol–water partition coefficient (Wildman–Crippen LogP) is 6.99. The van der Waals surface area contributed by atoms with Crippen LogP contribution in [-0.2, 0) is 6.54 Å². The van der Waals surface area contributed by atoms with Crippen molar-refractivity contribution in [3.63, 3.8) is 0 Å². The summed E-state index contributed by atoms with van der Waals surface area (Å²) in [4.78, 5) is 5.13. The van der Waals surface area contributed by atoms with E-state index < -0.39 is 0 Å². The lowest BCUT2D eigenvalue weighted by molar-refractivity contribution is 0.301. The van der Waals surface area contributed by atoms with Crippen LogP contribution in [0.4, 0.5) is 0 Å². The van der Waals surface area contributed by atoms with Crippen LogP contribution in [0.15, 0.2) is 109 Å². The molecule has 0 N–H and O–H groups in total. The highest BCUT2D eigenvalue weighted by Crippen LogP contribution is 2.33. The summed E-state index contributed by atoms with van der Waals surface area (Å²) in [5.74, 6) is 2.06.